The van der Waals surface area contributed by atoms with Crippen LogP contribution in [0.2, 0.25) is 0 Å². The van der Waals surface area contributed by atoms with E-state index in [-0.39, 0.29) is 0 Å². The third kappa shape index (κ3) is 4.60. The molecule has 0 aliphatic carbocycles. The van der Waals surface area contributed by atoms with Crippen molar-refractivity contribution in [1.29, 1.82) is 0 Å². The molecule has 0 heterocycles. The number of ether oxygens (including phenoxy) is 1. The Morgan fingerprint density at radius 1 is 1.05 bits per heavy atom. The highest BCUT2D eigenvalue weighted by Crippen LogP contribution is 2.13. The minimum atomic E-state index is 0.581. The second-order valence-electron chi connectivity index (χ2n) is 4.30. The van der Waals surface area contributed by atoms with E-state index in [4.69, 9.17) is 4.74 Å². The second-order valence-corrected chi connectivity index (χ2v) is 4.30. The van der Waals surface area contributed by atoms with E-state index in [0.717, 1.165) is 12.3 Å². The summed E-state index contributed by atoms with van der Waals surface area (Å²) in [5.41, 5.74) is 2.42. The highest BCUT2D eigenvalue weighted by molar-refractivity contribution is 5.48. The van der Waals surface area contributed by atoms with Crippen LogP contribution >= 0.6 is 0 Å². The maximum absolute atomic E-state index is 5.70. The highest BCUT2D eigenvalue weighted by Gasteiger charge is 1.94. The molecule has 0 saturated heterocycles. The van der Waals surface area contributed by atoms with Gasteiger partial charge in [-0.3, -0.25) is 0 Å². The maximum Gasteiger partial charge on any atom is 0.120 e. The lowest BCUT2D eigenvalue weighted by molar-refractivity contribution is 0.363. The summed E-state index contributed by atoms with van der Waals surface area (Å²) >= 11 is 0. The Balaban J connectivity index is 1.85. The predicted molar refractivity (Wildman–Crippen MR) is 80.2 cm³/mol. The zero-order valence-electron chi connectivity index (χ0n) is 11.2. The Hall–Kier alpha value is -2.06. The molecule has 2 heteroatoms. The van der Waals surface area contributed by atoms with Gasteiger partial charge in [0.1, 0.15) is 12.4 Å². The quantitative estimate of drug-likeness (QED) is 0.850. The molecule has 0 aliphatic heterocycles. The molecule has 98 valence electrons. The number of benzene rings is 2. The average Bonchev–Trinajstić information content (AvgIpc) is 2.46. The Labute approximate surface area is 114 Å². The van der Waals surface area contributed by atoms with Crippen LogP contribution in [0, 0.1) is 0 Å². The van der Waals surface area contributed by atoms with Gasteiger partial charge in [0.25, 0.3) is 0 Å². The van der Waals surface area contributed by atoms with Crippen molar-refractivity contribution in [2.24, 2.45) is 0 Å². The fourth-order valence-corrected chi connectivity index (χ4v) is 1.84. The predicted octanol–water partition coefficient (Wildman–Crippen LogP) is 3.50. The third-order valence-corrected chi connectivity index (χ3v) is 2.74. The summed E-state index contributed by atoms with van der Waals surface area (Å²) in [6.45, 7) is 1.44. The largest absolute Gasteiger partial charge is 0.490 e. The van der Waals surface area contributed by atoms with Crippen LogP contribution in [0.25, 0.3) is 6.08 Å². The summed E-state index contributed by atoms with van der Waals surface area (Å²) in [5.74, 6) is 0.908. The van der Waals surface area contributed by atoms with Gasteiger partial charge in [-0.05, 0) is 36.4 Å². The minimum Gasteiger partial charge on any atom is -0.490 e. The average molecular weight is 253 g/mol. The van der Waals surface area contributed by atoms with Crippen molar-refractivity contribution in [3.63, 3.8) is 0 Å². The molecule has 2 rings (SSSR count). The standard InChI is InChI=1S/C17H19NO/c1-18-14-16-9-5-11-17(13-16)19-12-6-10-15-7-3-2-4-8-15/h2-11,13,18H,12,14H2,1H3/b10-6+. The van der Waals surface area contributed by atoms with Gasteiger partial charge in [0.05, 0.1) is 0 Å². The van der Waals surface area contributed by atoms with E-state index in [1.807, 2.05) is 43.5 Å². The van der Waals surface area contributed by atoms with Crippen molar-refractivity contribution in [3.05, 3.63) is 71.8 Å². The second kappa shape index (κ2) is 7.39. The molecule has 0 unspecified atom stereocenters. The summed E-state index contributed by atoms with van der Waals surface area (Å²) in [6.07, 6.45) is 4.09. The lowest BCUT2D eigenvalue weighted by Gasteiger charge is -2.05. The fraction of sp³-hybridized carbons (Fsp3) is 0.176. The van der Waals surface area contributed by atoms with Crippen LogP contribution in [0.15, 0.2) is 60.7 Å². The number of nitrogens with one attached hydrogen (secondary N) is 1. The molecule has 2 aromatic carbocycles. The first kappa shape index (κ1) is 13.4. The first-order valence-corrected chi connectivity index (χ1v) is 6.46. The van der Waals surface area contributed by atoms with Gasteiger partial charge >= 0.3 is 0 Å². The molecule has 2 nitrogen and oxygen atoms in total. The van der Waals surface area contributed by atoms with Crippen LogP contribution in [0.1, 0.15) is 11.1 Å². The smallest absolute Gasteiger partial charge is 0.120 e. The molecule has 0 radical (unpaired) electrons. The Bertz CT molecular complexity index is 520. The molecule has 0 bridgehead atoms. The summed E-state index contributed by atoms with van der Waals surface area (Å²) in [7, 11) is 1.94. The van der Waals surface area contributed by atoms with Crippen LogP contribution in [0.5, 0.6) is 5.75 Å². The molecule has 0 amide bonds. The van der Waals surface area contributed by atoms with Crippen molar-refractivity contribution in [2.75, 3.05) is 13.7 Å². The van der Waals surface area contributed by atoms with E-state index in [9.17, 15) is 0 Å². The van der Waals surface area contributed by atoms with Gasteiger partial charge in [0.15, 0.2) is 0 Å². The Morgan fingerprint density at radius 2 is 1.89 bits per heavy atom. The fourth-order valence-electron chi connectivity index (χ4n) is 1.84. The van der Waals surface area contributed by atoms with E-state index in [0.29, 0.717) is 6.61 Å². The molecule has 0 aromatic heterocycles. The van der Waals surface area contributed by atoms with Gasteiger partial charge in [0.2, 0.25) is 0 Å². The molecule has 19 heavy (non-hydrogen) atoms. The van der Waals surface area contributed by atoms with Crippen LogP contribution in [0.4, 0.5) is 0 Å². The van der Waals surface area contributed by atoms with Crippen molar-refractivity contribution in [1.82, 2.24) is 5.32 Å². The van der Waals surface area contributed by atoms with E-state index in [1.54, 1.807) is 0 Å². The van der Waals surface area contributed by atoms with Crippen molar-refractivity contribution < 1.29 is 4.74 Å². The number of hydrogen-bond acceptors (Lipinski definition) is 2. The molecule has 0 saturated carbocycles. The van der Waals surface area contributed by atoms with Crippen LogP contribution < -0.4 is 10.1 Å². The summed E-state index contributed by atoms with van der Waals surface area (Å²) in [5, 5.41) is 3.13. The molecule has 2 aromatic rings. The minimum absolute atomic E-state index is 0.581. The first-order chi connectivity index (χ1) is 9.38. The van der Waals surface area contributed by atoms with Crippen LogP contribution in [0.3, 0.4) is 0 Å². The first-order valence-electron chi connectivity index (χ1n) is 6.46. The third-order valence-electron chi connectivity index (χ3n) is 2.74. The lowest BCUT2D eigenvalue weighted by Crippen LogP contribution is -2.05. The lowest BCUT2D eigenvalue weighted by atomic mass is 10.2. The molecular weight excluding hydrogens is 234 g/mol. The molecule has 0 atom stereocenters. The Kier molecular flexibility index (Phi) is 5.20. The van der Waals surface area contributed by atoms with E-state index in [2.05, 4.69) is 35.7 Å². The van der Waals surface area contributed by atoms with Crippen LogP contribution in [-0.2, 0) is 6.54 Å². The SMILES string of the molecule is CNCc1cccc(OC/C=C/c2ccccc2)c1. The molecule has 0 aliphatic rings. The van der Waals surface area contributed by atoms with Gasteiger partial charge < -0.3 is 10.1 Å². The van der Waals surface area contributed by atoms with Gasteiger partial charge in [0, 0.05) is 6.54 Å². The van der Waals surface area contributed by atoms with Gasteiger partial charge in [-0.15, -0.1) is 0 Å². The summed E-state index contributed by atoms with van der Waals surface area (Å²) in [6, 6.07) is 18.4. The van der Waals surface area contributed by atoms with E-state index in [1.165, 1.54) is 11.1 Å². The van der Waals surface area contributed by atoms with E-state index < -0.39 is 0 Å². The maximum atomic E-state index is 5.70. The van der Waals surface area contributed by atoms with Crippen molar-refractivity contribution in [3.8, 4) is 5.75 Å². The Morgan fingerprint density at radius 3 is 2.68 bits per heavy atom. The topological polar surface area (TPSA) is 21.3 Å². The van der Waals surface area contributed by atoms with E-state index >= 15 is 0 Å². The molecule has 0 fully saturated rings. The highest BCUT2D eigenvalue weighted by atomic mass is 16.5. The monoisotopic (exact) mass is 253 g/mol. The zero-order chi connectivity index (χ0) is 13.3. The summed E-state index contributed by atoms with van der Waals surface area (Å²) < 4.78 is 5.70. The van der Waals surface area contributed by atoms with Crippen molar-refractivity contribution >= 4 is 6.08 Å². The summed E-state index contributed by atoms with van der Waals surface area (Å²) in [4.78, 5) is 0. The number of rotatable bonds is 6. The normalized spacial score (nSPS) is 10.8. The van der Waals surface area contributed by atoms with Gasteiger partial charge in [-0.1, -0.05) is 48.5 Å². The van der Waals surface area contributed by atoms with Crippen molar-refractivity contribution in [2.45, 2.75) is 6.54 Å². The molecular formula is C17H19NO. The van der Waals surface area contributed by atoms with Crippen LogP contribution in [-0.4, -0.2) is 13.7 Å². The molecule has 1 N–H and O–H groups in total. The van der Waals surface area contributed by atoms with Gasteiger partial charge in [-0.2, -0.15) is 0 Å². The zero-order valence-corrected chi connectivity index (χ0v) is 11.2. The van der Waals surface area contributed by atoms with Gasteiger partial charge in [-0.25, -0.2) is 0 Å². The molecule has 0 spiro atoms. The number of hydrogen-bond donors (Lipinski definition) is 1.